The predicted molar refractivity (Wildman–Crippen MR) is 114 cm³/mol. The van der Waals surface area contributed by atoms with E-state index in [4.69, 9.17) is 9.47 Å². The van der Waals surface area contributed by atoms with Gasteiger partial charge in [-0.1, -0.05) is 66.7 Å². The molecule has 1 amide bonds. The van der Waals surface area contributed by atoms with Crippen molar-refractivity contribution in [2.75, 3.05) is 0 Å². The zero-order valence-corrected chi connectivity index (χ0v) is 16.7. The van der Waals surface area contributed by atoms with Gasteiger partial charge in [0, 0.05) is 0 Å². The molecule has 31 heavy (non-hydrogen) atoms. The third-order valence-electron chi connectivity index (χ3n) is 4.61. The minimum absolute atomic E-state index is 0.242. The van der Waals surface area contributed by atoms with Crippen LogP contribution in [0.5, 0.6) is 11.5 Å². The molecule has 0 saturated heterocycles. The van der Waals surface area contributed by atoms with E-state index in [1.54, 1.807) is 12.1 Å². The summed E-state index contributed by atoms with van der Waals surface area (Å²) in [6.07, 6.45) is -1.23. The fourth-order valence-corrected chi connectivity index (χ4v) is 2.97. The van der Waals surface area contributed by atoms with Crippen molar-refractivity contribution >= 4 is 12.4 Å². The smallest absolute Gasteiger partial charge is 0.329 e. The van der Waals surface area contributed by atoms with E-state index in [9.17, 15) is 19.8 Å². The van der Waals surface area contributed by atoms with Crippen LogP contribution < -0.4 is 14.8 Å². The van der Waals surface area contributed by atoms with Gasteiger partial charge in [0.15, 0.2) is 17.5 Å². The SMILES string of the molecule is O=CNC(C(=O)O)C(O)c1ccc(OCc2ccccc2)c(OCc2ccccc2)c1. The minimum Gasteiger partial charge on any atom is -0.485 e. The van der Waals surface area contributed by atoms with Crippen molar-refractivity contribution in [3.8, 4) is 11.5 Å². The van der Waals surface area contributed by atoms with Gasteiger partial charge in [-0.15, -0.1) is 0 Å². The molecule has 7 heteroatoms. The lowest BCUT2D eigenvalue weighted by Crippen LogP contribution is -2.41. The predicted octanol–water partition coefficient (Wildman–Crippen LogP) is 3.08. The lowest BCUT2D eigenvalue weighted by molar-refractivity contribution is -0.143. The lowest BCUT2D eigenvalue weighted by Gasteiger charge is -2.20. The molecular weight excluding hydrogens is 398 g/mol. The molecule has 3 N–H and O–H groups in total. The third-order valence-corrected chi connectivity index (χ3v) is 4.61. The number of aliphatic carboxylic acids is 1. The van der Waals surface area contributed by atoms with Gasteiger partial charge in [-0.25, -0.2) is 4.79 Å². The van der Waals surface area contributed by atoms with Gasteiger partial charge < -0.3 is 25.0 Å². The van der Waals surface area contributed by atoms with Crippen molar-refractivity contribution in [1.29, 1.82) is 0 Å². The molecule has 0 aliphatic heterocycles. The van der Waals surface area contributed by atoms with Crippen LogP contribution in [-0.2, 0) is 22.8 Å². The molecule has 0 spiro atoms. The summed E-state index contributed by atoms with van der Waals surface area (Å²) in [6.45, 7) is 0.575. The monoisotopic (exact) mass is 421 g/mol. The van der Waals surface area contributed by atoms with Crippen molar-refractivity contribution in [2.24, 2.45) is 0 Å². The van der Waals surface area contributed by atoms with E-state index in [1.165, 1.54) is 6.07 Å². The molecule has 0 bridgehead atoms. The topological polar surface area (TPSA) is 105 Å². The fourth-order valence-electron chi connectivity index (χ4n) is 2.97. The summed E-state index contributed by atoms with van der Waals surface area (Å²) in [5.74, 6) is -0.548. The number of amides is 1. The zero-order chi connectivity index (χ0) is 22.1. The Morgan fingerprint density at radius 3 is 1.94 bits per heavy atom. The normalized spacial score (nSPS) is 12.4. The maximum atomic E-state index is 11.4. The molecule has 0 heterocycles. The van der Waals surface area contributed by atoms with E-state index in [-0.39, 0.29) is 18.6 Å². The first-order valence-corrected chi connectivity index (χ1v) is 9.66. The van der Waals surface area contributed by atoms with Crippen LogP contribution in [0.2, 0.25) is 0 Å². The molecule has 0 fully saturated rings. The number of ether oxygens (including phenoxy) is 2. The number of aliphatic hydroxyl groups excluding tert-OH is 1. The third kappa shape index (κ3) is 6.07. The van der Waals surface area contributed by atoms with Crippen LogP contribution in [0.3, 0.4) is 0 Å². The summed E-state index contributed by atoms with van der Waals surface area (Å²) < 4.78 is 11.8. The first-order chi connectivity index (χ1) is 15.1. The molecule has 0 radical (unpaired) electrons. The van der Waals surface area contributed by atoms with Gasteiger partial charge in [-0.05, 0) is 28.8 Å². The Hall–Kier alpha value is -3.84. The number of nitrogens with one attached hydrogen (secondary N) is 1. The van der Waals surface area contributed by atoms with E-state index in [0.717, 1.165) is 11.1 Å². The molecule has 3 aromatic carbocycles. The first-order valence-electron chi connectivity index (χ1n) is 9.66. The quantitative estimate of drug-likeness (QED) is 0.411. The molecular formula is C24H23NO6. The van der Waals surface area contributed by atoms with E-state index < -0.39 is 18.1 Å². The summed E-state index contributed by atoms with van der Waals surface area (Å²) in [6, 6.07) is 22.3. The number of hydrogen-bond acceptors (Lipinski definition) is 5. The molecule has 7 nitrogen and oxygen atoms in total. The summed E-state index contributed by atoms with van der Waals surface area (Å²) in [5, 5.41) is 21.9. The molecule has 2 atom stereocenters. The van der Waals surface area contributed by atoms with Gasteiger partial charge in [-0.3, -0.25) is 4.79 Å². The Kier molecular flexibility index (Phi) is 7.61. The Balaban J connectivity index is 1.84. The maximum Gasteiger partial charge on any atom is 0.329 e. The second-order valence-corrected chi connectivity index (χ2v) is 6.80. The highest BCUT2D eigenvalue weighted by atomic mass is 16.5. The number of carboxylic acid groups (broad SMARTS) is 1. The average molecular weight is 421 g/mol. The molecule has 0 aliphatic carbocycles. The van der Waals surface area contributed by atoms with Crippen LogP contribution in [0.1, 0.15) is 22.8 Å². The second kappa shape index (κ2) is 10.8. The number of rotatable bonds is 11. The van der Waals surface area contributed by atoms with Crippen molar-refractivity contribution < 1.29 is 29.3 Å². The Morgan fingerprint density at radius 1 is 0.871 bits per heavy atom. The largest absolute Gasteiger partial charge is 0.485 e. The van der Waals surface area contributed by atoms with E-state index in [2.05, 4.69) is 5.32 Å². The molecule has 3 rings (SSSR count). The average Bonchev–Trinajstić information content (AvgIpc) is 2.80. The fraction of sp³-hybridized carbons (Fsp3) is 0.167. The standard InChI is InChI=1S/C24H23NO6/c26-16-25-22(24(28)29)23(27)19-11-12-20(30-14-17-7-3-1-4-8-17)21(13-19)31-15-18-9-5-2-6-10-18/h1-13,16,22-23,27H,14-15H2,(H,25,26)(H,28,29). The maximum absolute atomic E-state index is 11.4. The van der Waals surface area contributed by atoms with Crippen LogP contribution in [-0.4, -0.2) is 28.6 Å². The molecule has 160 valence electrons. The van der Waals surface area contributed by atoms with Gasteiger partial charge in [0.05, 0.1) is 0 Å². The highest BCUT2D eigenvalue weighted by Crippen LogP contribution is 2.33. The first kappa shape index (κ1) is 21.9. The number of carbonyl (C=O) groups is 2. The summed E-state index contributed by atoms with van der Waals surface area (Å²) >= 11 is 0. The number of hydrogen-bond donors (Lipinski definition) is 3. The Bertz CT molecular complexity index is 993. The van der Waals surface area contributed by atoms with Crippen molar-refractivity contribution in [3.63, 3.8) is 0 Å². The van der Waals surface area contributed by atoms with E-state index in [1.807, 2.05) is 60.7 Å². The van der Waals surface area contributed by atoms with Crippen molar-refractivity contribution in [1.82, 2.24) is 5.32 Å². The van der Waals surface area contributed by atoms with Crippen LogP contribution in [0.25, 0.3) is 0 Å². The van der Waals surface area contributed by atoms with Gasteiger partial charge in [0.1, 0.15) is 19.3 Å². The molecule has 0 aromatic heterocycles. The summed E-state index contributed by atoms with van der Waals surface area (Å²) in [5.41, 5.74) is 2.19. The van der Waals surface area contributed by atoms with Gasteiger partial charge >= 0.3 is 5.97 Å². The van der Waals surface area contributed by atoms with Gasteiger partial charge in [0.25, 0.3) is 0 Å². The van der Waals surface area contributed by atoms with Gasteiger partial charge in [0.2, 0.25) is 6.41 Å². The van der Waals surface area contributed by atoms with Crippen LogP contribution in [0.15, 0.2) is 78.9 Å². The number of benzene rings is 3. The minimum atomic E-state index is -1.49. The van der Waals surface area contributed by atoms with Crippen LogP contribution >= 0.6 is 0 Å². The van der Waals surface area contributed by atoms with Crippen LogP contribution in [0, 0.1) is 0 Å². The molecule has 3 aromatic rings. The van der Waals surface area contributed by atoms with Crippen LogP contribution in [0.4, 0.5) is 0 Å². The molecule has 0 aliphatic rings. The number of aliphatic hydroxyl groups is 1. The second-order valence-electron chi connectivity index (χ2n) is 6.80. The van der Waals surface area contributed by atoms with E-state index >= 15 is 0 Å². The highest BCUT2D eigenvalue weighted by molar-refractivity contribution is 5.77. The summed E-state index contributed by atoms with van der Waals surface area (Å²) in [7, 11) is 0. The molecule has 0 saturated carbocycles. The number of carbonyl (C=O) groups excluding carboxylic acids is 1. The highest BCUT2D eigenvalue weighted by Gasteiger charge is 2.28. The van der Waals surface area contributed by atoms with Crippen molar-refractivity contribution in [2.45, 2.75) is 25.4 Å². The molecule has 2 unspecified atom stereocenters. The van der Waals surface area contributed by atoms with Gasteiger partial charge in [-0.2, -0.15) is 0 Å². The Morgan fingerprint density at radius 2 is 1.42 bits per heavy atom. The Labute approximate surface area is 179 Å². The number of carboxylic acids is 1. The zero-order valence-electron chi connectivity index (χ0n) is 16.7. The summed E-state index contributed by atoms with van der Waals surface area (Å²) in [4.78, 5) is 22.1. The van der Waals surface area contributed by atoms with E-state index in [0.29, 0.717) is 18.1 Å². The lowest BCUT2D eigenvalue weighted by atomic mass is 10.0. The van der Waals surface area contributed by atoms with Crippen molar-refractivity contribution in [3.05, 3.63) is 95.6 Å².